The Bertz CT molecular complexity index is 859. The fourth-order valence-electron chi connectivity index (χ4n) is 2.17. The van der Waals surface area contributed by atoms with Crippen LogP contribution < -0.4 is 11.1 Å². The van der Waals surface area contributed by atoms with Gasteiger partial charge in [0.05, 0.1) is 5.56 Å². The molecule has 3 rings (SSSR count). The number of rotatable bonds is 3. The van der Waals surface area contributed by atoms with Crippen LogP contribution in [0.15, 0.2) is 36.7 Å². The van der Waals surface area contributed by atoms with Crippen molar-refractivity contribution < 1.29 is 17.6 Å². The van der Waals surface area contributed by atoms with Gasteiger partial charge in [-0.05, 0) is 18.2 Å². The number of aromatic amines is 1. The first-order chi connectivity index (χ1) is 11.3. The van der Waals surface area contributed by atoms with Crippen LogP contribution >= 0.6 is 0 Å². The number of nitrogens with zero attached hydrogens (tertiary/aromatic N) is 3. The quantitative estimate of drug-likeness (QED) is 0.637. The van der Waals surface area contributed by atoms with Crippen LogP contribution in [0.2, 0.25) is 0 Å². The molecule has 124 valence electrons. The van der Waals surface area contributed by atoms with Gasteiger partial charge in [-0.25, -0.2) is 9.49 Å². The normalized spacial score (nSPS) is 11.5. The molecule has 0 aliphatic heterocycles. The van der Waals surface area contributed by atoms with Crippen LogP contribution in [0.3, 0.4) is 0 Å². The van der Waals surface area contributed by atoms with Crippen molar-refractivity contribution >= 4 is 17.6 Å². The summed E-state index contributed by atoms with van der Waals surface area (Å²) in [6, 6.07) is 4.48. The molecule has 0 amide bonds. The van der Waals surface area contributed by atoms with E-state index < -0.39 is 23.1 Å². The zero-order valence-electron chi connectivity index (χ0n) is 11.9. The molecule has 0 radical (unpaired) electrons. The lowest BCUT2D eigenvalue weighted by molar-refractivity contribution is -0.137. The maximum absolute atomic E-state index is 14.4. The van der Waals surface area contributed by atoms with Crippen LogP contribution in [-0.2, 0) is 6.18 Å². The maximum atomic E-state index is 14.4. The zero-order valence-corrected chi connectivity index (χ0v) is 11.9. The molecule has 1 aromatic carbocycles. The average Bonchev–Trinajstić information content (AvgIpc) is 2.92. The third-order valence-corrected chi connectivity index (χ3v) is 3.10. The van der Waals surface area contributed by atoms with Crippen LogP contribution in [0, 0.1) is 5.82 Å². The Balaban J connectivity index is 2.11. The molecule has 10 heteroatoms. The fourth-order valence-corrected chi connectivity index (χ4v) is 2.17. The number of nitrogens with two attached hydrogens (primary N) is 1. The number of alkyl halides is 3. The van der Waals surface area contributed by atoms with Crippen molar-refractivity contribution in [2.24, 2.45) is 0 Å². The van der Waals surface area contributed by atoms with E-state index in [0.29, 0.717) is 0 Å². The Kier molecular flexibility index (Phi) is 3.80. The van der Waals surface area contributed by atoms with E-state index in [4.69, 9.17) is 5.73 Å². The first kappa shape index (κ1) is 15.7. The van der Waals surface area contributed by atoms with Gasteiger partial charge in [0, 0.05) is 29.2 Å². The number of halogens is 4. The highest BCUT2D eigenvalue weighted by Crippen LogP contribution is 2.40. The maximum Gasteiger partial charge on any atom is 0.417 e. The largest absolute Gasteiger partial charge is 0.417 e. The number of hydrogen-bond donors (Lipinski definition) is 3. The highest BCUT2D eigenvalue weighted by atomic mass is 19.4. The number of nitrogen functional groups attached to an aromatic ring is 1. The van der Waals surface area contributed by atoms with Crippen LogP contribution in [0.1, 0.15) is 5.56 Å². The van der Waals surface area contributed by atoms with Crippen molar-refractivity contribution in [3.63, 3.8) is 0 Å². The molecule has 6 nitrogen and oxygen atoms in total. The van der Waals surface area contributed by atoms with Crippen molar-refractivity contribution in [3.8, 4) is 11.1 Å². The van der Waals surface area contributed by atoms with E-state index in [1.807, 2.05) is 0 Å². The lowest BCUT2D eigenvalue weighted by atomic mass is 9.99. The monoisotopic (exact) mass is 338 g/mol. The van der Waals surface area contributed by atoms with Gasteiger partial charge < -0.3 is 11.1 Å². The van der Waals surface area contributed by atoms with E-state index in [1.165, 1.54) is 18.3 Å². The predicted molar refractivity (Wildman–Crippen MR) is 78.7 cm³/mol. The first-order valence-electron chi connectivity index (χ1n) is 6.60. The Morgan fingerprint density at radius 3 is 2.58 bits per heavy atom. The van der Waals surface area contributed by atoms with Crippen molar-refractivity contribution in [1.29, 1.82) is 0 Å². The molecule has 4 N–H and O–H groups in total. The van der Waals surface area contributed by atoms with Gasteiger partial charge in [0.15, 0.2) is 0 Å². The highest BCUT2D eigenvalue weighted by molar-refractivity contribution is 5.72. The van der Waals surface area contributed by atoms with E-state index in [0.717, 1.165) is 18.3 Å². The summed E-state index contributed by atoms with van der Waals surface area (Å²) in [6.07, 6.45) is -2.21. The van der Waals surface area contributed by atoms with Crippen LogP contribution in [0.25, 0.3) is 11.1 Å². The summed E-state index contributed by atoms with van der Waals surface area (Å²) in [5.41, 5.74) is 3.48. The summed E-state index contributed by atoms with van der Waals surface area (Å²) < 4.78 is 54.5. The molecule has 2 heterocycles. The lowest BCUT2D eigenvalue weighted by Gasteiger charge is -2.16. The number of benzene rings is 1. The van der Waals surface area contributed by atoms with Gasteiger partial charge in [0.1, 0.15) is 5.82 Å². The molecule has 0 saturated carbocycles. The SMILES string of the molecule is Nc1nc(Nc2cc(F)c(-c3cccnc3)c(C(F)(F)F)c2)n[nH]1. The third kappa shape index (κ3) is 3.12. The van der Waals surface area contributed by atoms with Crippen molar-refractivity contribution in [3.05, 3.63) is 48.0 Å². The molecular weight excluding hydrogens is 328 g/mol. The number of hydrogen-bond acceptors (Lipinski definition) is 5. The summed E-state index contributed by atoms with van der Waals surface area (Å²) in [6.45, 7) is 0. The minimum atomic E-state index is -4.76. The van der Waals surface area contributed by atoms with Gasteiger partial charge in [0.25, 0.3) is 0 Å². The molecule has 0 fully saturated rings. The Morgan fingerprint density at radius 2 is 2.00 bits per heavy atom. The summed E-state index contributed by atoms with van der Waals surface area (Å²) in [5, 5.41) is 8.41. The van der Waals surface area contributed by atoms with Crippen molar-refractivity contribution in [2.75, 3.05) is 11.1 Å². The second kappa shape index (κ2) is 5.80. The molecular formula is C14H10F4N6. The van der Waals surface area contributed by atoms with Crippen molar-refractivity contribution in [1.82, 2.24) is 20.2 Å². The van der Waals surface area contributed by atoms with Gasteiger partial charge in [-0.3, -0.25) is 4.98 Å². The molecule has 0 aliphatic carbocycles. The highest BCUT2D eigenvalue weighted by Gasteiger charge is 2.36. The zero-order chi connectivity index (χ0) is 17.3. The minimum Gasteiger partial charge on any atom is -0.368 e. The van der Waals surface area contributed by atoms with Gasteiger partial charge >= 0.3 is 6.18 Å². The Hall–Kier alpha value is -3.17. The second-order valence-electron chi connectivity index (χ2n) is 4.79. The molecule has 0 saturated heterocycles. The summed E-state index contributed by atoms with van der Waals surface area (Å²) in [4.78, 5) is 7.42. The predicted octanol–water partition coefficient (Wildman–Crippen LogP) is 3.35. The van der Waals surface area contributed by atoms with Crippen LogP contribution in [-0.4, -0.2) is 20.2 Å². The minimum absolute atomic E-state index is 0.0241. The van der Waals surface area contributed by atoms with E-state index in [2.05, 4.69) is 25.5 Å². The second-order valence-corrected chi connectivity index (χ2v) is 4.79. The van der Waals surface area contributed by atoms with Gasteiger partial charge in [-0.1, -0.05) is 6.07 Å². The third-order valence-electron chi connectivity index (χ3n) is 3.10. The molecule has 2 aromatic heterocycles. The molecule has 24 heavy (non-hydrogen) atoms. The topological polar surface area (TPSA) is 92.5 Å². The van der Waals surface area contributed by atoms with Gasteiger partial charge in [-0.2, -0.15) is 18.2 Å². The molecule has 0 unspecified atom stereocenters. The van der Waals surface area contributed by atoms with Crippen molar-refractivity contribution in [2.45, 2.75) is 6.18 Å². The lowest BCUT2D eigenvalue weighted by Crippen LogP contribution is -2.10. The Morgan fingerprint density at radius 1 is 1.21 bits per heavy atom. The summed E-state index contributed by atoms with van der Waals surface area (Å²) in [7, 11) is 0. The number of anilines is 3. The Labute approximate surface area is 132 Å². The molecule has 0 bridgehead atoms. The number of pyridine rings is 1. The van der Waals surface area contributed by atoms with Gasteiger partial charge in [-0.15, -0.1) is 5.10 Å². The summed E-state index contributed by atoms with van der Waals surface area (Å²) >= 11 is 0. The van der Waals surface area contributed by atoms with Crippen LogP contribution in [0.4, 0.5) is 35.1 Å². The van der Waals surface area contributed by atoms with E-state index >= 15 is 0 Å². The average molecular weight is 338 g/mol. The number of H-pyrrole nitrogens is 1. The smallest absolute Gasteiger partial charge is 0.368 e. The first-order valence-corrected chi connectivity index (χ1v) is 6.60. The molecule has 0 atom stereocenters. The molecule has 0 aliphatic rings. The number of aromatic nitrogens is 4. The van der Waals surface area contributed by atoms with E-state index in [9.17, 15) is 17.6 Å². The van der Waals surface area contributed by atoms with Crippen LogP contribution in [0.5, 0.6) is 0 Å². The fraction of sp³-hybridized carbons (Fsp3) is 0.0714. The molecule has 3 aromatic rings. The van der Waals surface area contributed by atoms with E-state index in [-0.39, 0.29) is 23.1 Å². The van der Waals surface area contributed by atoms with E-state index in [1.54, 1.807) is 0 Å². The van der Waals surface area contributed by atoms with Gasteiger partial charge in [0.2, 0.25) is 11.9 Å². The number of nitrogens with one attached hydrogen (secondary N) is 2. The standard InChI is InChI=1S/C14H10F4N6/c15-10-5-8(21-13-22-12(19)23-24-13)4-9(14(16,17)18)11(10)7-2-1-3-20-6-7/h1-6H,(H4,19,21,22,23,24). The summed E-state index contributed by atoms with van der Waals surface area (Å²) in [5.74, 6) is -1.15. The molecule has 0 spiro atoms.